The van der Waals surface area contributed by atoms with E-state index in [1.807, 2.05) is 0 Å². The third kappa shape index (κ3) is 4.51. The number of hydrogen-bond donors (Lipinski definition) is 2. The third-order valence-electron chi connectivity index (χ3n) is 4.51. The number of para-hydroxylation sites is 1. The summed E-state index contributed by atoms with van der Waals surface area (Å²) in [6, 6.07) is 11.8. The highest BCUT2D eigenvalue weighted by Gasteiger charge is 2.17. The van der Waals surface area contributed by atoms with Crippen LogP contribution in [0.15, 0.2) is 73.5 Å². The summed E-state index contributed by atoms with van der Waals surface area (Å²) in [4.78, 5) is 25.1. The Labute approximate surface area is 179 Å². The lowest BCUT2D eigenvalue weighted by atomic mass is 10.1. The van der Waals surface area contributed by atoms with Crippen molar-refractivity contribution >= 4 is 11.5 Å². The highest BCUT2D eigenvalue weighted by Crippen LogP contribution is 2.32. The molecule has 0 aliphatic carbocycles. The van der Waals surface area contributed by atoms with E-state index >= 15 is 0 Å². The number of aromatic nitrogens is 3. The van der Waals surface area contributed by atoms with Crippen molar-refractivity contribution in [1.82, 2.24) is 15.0 Å². The lowest BCUT2D eigenvalue weighted by molar-refractivity contribution is 0.0600. The monoisotopic (exact) mass is 415 g/mol. The second-order valence-electron chi connectivity index (χ2n) is 6.61. The molecular formula is C24H21N3O4. The van der Waals surface area contributed by atoms with Crippen LogP contribution in [0, 0.1) is 6.92 Å². The standard InChI is InChI=1S/C24H21N3O4/c1-5-7-18(15(3)28)22-25-21(16-10-12-17(13-11-16)24(30)31-4)26-23(27-22)19-9-6-8-14(2)20(19)29/h5-13,28-29H,1,3H2,2,4H3/b18-7+. The Morgan fingerprint density at radius 3 is 2.35 bits per heavy atom. The van der Waals surface area contributed by atoms with Crippen LogP contribution in [0.1, 0.15) is 21.7 Å². The molecule has 0 bridgehead atoms. The number of hydrogen-bond acceptors (Lipinski definition) is 7. The Hall–Kier alpha value is -4.26. The van der Waals surface area contributed by atoms with Gasteiger partial charge in [0.15, 0.2) is 17.5 Å². The zero-order chi connectivity index (χ0) is 22.5. The van der Waals surface area contributed by atoms with E-state index in [1.165, 1.54) is 19.3 Å². The number of methoxy groups -OCH3 is 1. The average molecular weight is 415 g/mol. The summed E-state index contributed by atoms with van der Waals surface area (Å²) in [6.07, 6.45) is 3.01. The van der Waals surface area contributed by atoms with E-state index in [1.54, 1.807) is 49.4 Å². The number of nitrogens with zero attached hydrogens (tertiary/aromatic N) is 3. The number of allylic oxidation sites excluding steroid dienone is 3. The summed E-state index contributed by atoms with van der Waals surface area (Å²) < 4.78 is 4.72. The molecule has 2 N–H and O–H groups in total. The molecule has 7 heteroatoms. The maximum absolute atomic E-state index is 11.7. The highest BCUT2D eigenvalue weighted by molar-refractivity contribution is 5.89. The van der Waals surface area contributed by atoms with E-state index in [0.717, 1.165) is 0 Å². The number of esters is 1. The van der Waals surface area contributed by atoms with Gasteiger partial charge in [0.05, 0.1) is 23.8 Å². The van der Waals surface area contributed by atoms with Gasteiger partial charge in [0.25, 0.3) is 0 Å². The number of phenols is 1. The summed E-state index contributed by atoms with van der Waals surface area (Å²) in [6.45, 7) is 8.98. The van der Waals surface area contributed by atoms with E-state index in [9.17, 15) is 15.0 Å². The van der Waals surface area contributed by atoms with Crippen molar-refractivity contribution < 1.29 is 19.7 Å². The van der Waals surface area contributed by atoms with Crippen LogP contribution in [-0.4, -0.2) is 38.2 Å². The minimum absolute atomic E-state index is 0.0451. The normalized spacial score (nSPS) is 11.1. The van der Waals surface area contributed by atoms with Gasteiger partial charge in [-0.05, 0) is 36.8 Å². The molecule has 0 saturated heterocycles. The molecule has 7 nitrogen and oxygen atoms in total. The van der Waals surface area contributed by atoms with Crippen molar-refractivity contribution in [2.24, 2.45) is 0 Å². The fourth-order valence-corrected chi connectivity index (χ4v) is 2.88. The largest absolute Gasteiger partial charge is 0.508 e. The number of ether oxygens (including phenoxy) is 1. The molecule has 0 spiro atoms. The zero-order valence-electron chi connectivity index (χ0n) is 17.2. The molecule has 3 rings (SSSR count). The molecule has 31 heavy (non-hydrogen) atoms. The van der Waals surface area contributed by atoms with Crippen molar-refractivity contribution in [3.63, 3.8) is 0 Å². The Bertz CT molecular complexity index is 1200. The topological polar surface area (TPSA) is 105 Å². The summed E-state index contributed by atoms with van der Waals surface area (Å²) >= 11 is 0. The molecule has 0 atom stereocenters. The van der Waals surface area contributed by atoms with Crippen LogP contribution in [-0.2, 0) is 4.74 Å². The summed E-state index contributed by atoms with van der Waals surface area (Å²) in [5.41, 5.74) is 2.33. The van der Waals surface area contributed by atoms with Crippen molar-refractivity contribution in [3.8, 4) is 28.5 Å². The van der Waals surface area contributed by atoms with Crippen LogP contribution in [0.25, 0.3) is 28.3 Å². The van der Waals surface area contributed by atoms with Gasteiger partial charge in [-0.1, -0.05) is 43.5 Å². The Balaban J connectivity index is 2.23. The van der Waals surface area contributed by atoms with Crippen LogP contribution in [0.3, 0.4) is 0 Å². The second-order valence-corrected chi connectivity index (χ2v) is 6.61. The molecule has 0 unspecified atom stereocenters. The molecule has 0 amide bonds. The molecule has 0 saturated carbocycles. The number of aryl methyl sites for hydroxylation is 1. The Morgan fingerprint density at radius 1 is 1.06 bits per heavy atom. The maximum atomic E-state index is 11.7. The van der Waals surface area contributed by atoms with Crippen LogP contribution < -0.4 is 0 Å². The van der Waals surface area contributed by atoms with Crippen LogP contribution >= 0.6 is 0 Å². The first-order valence-corrected chi connectivity index (χ1v) is 9.30. The van der Waals surface area contributed by atoms with E-state index in [2.05, 4.69) is 28.1 Å². The predicted molar refractivity (Wildman–Crippen MR) is 118 cm³/mol. The Morgan fingerprint density at radius 2 is 1.74 bits per heavy atom. The summed E-state index contributed by atoms with van der Waals surface area (Å²) in [5.74, 6) is 0.00981. The van der Waals surface area contributed by atoms with Gasteiger partial charge in [-0.3, -0.25) is 0 Å². The molecular weight excluding hydrogens is 394 g/mol. The molecule has 156 valence electrons. The number of carbonyl (C=O) groups is 1. The smallest absolute Gasteiger partial charge is 0.337 e. The van der Waals surface area contributed by atoms with Gasteiger partial charge in [0, 0.05) is 5.56 Å². The molecule has 0 aliphatic rings. The number of carbonyl (C=O) groups excluding carboxylic acids is 1. The molecule has 1 heterocycles. The summed E-state index contributed by atoms with van der Waals surface area (Å²) in [5, 5.41) is 20.6. The first-order chi connectivity index (χ1) is 14.8. The van der Waals surface area contributed by atoms with E-state index in [0.29, 0.717) is 22.3 Å². The average Bonchev–Trinajstić information content (AvgIpc) is 2.78. The molecule has 0 fully saturated rings. The molecule has 3 aromatic rings. The quantitative estimate of drug-likeness (QED) is 0.343. The maximum Gasteiger partial charge on any atom is 0.337 e. The first-order valence-electron chi connectivity index (χ1n) is 9.30. The van der Waals surface area contributed by atoms with Crippen molar-refractivity contribution in [2.75, 3.05) is 7.11 Å². The van der Waals surface area contributed by atoms with Gasteiger partial charge in [-0.15, -0.1) is 0 Å². The lowest BCUT2D eigenvalue weighted by Gasteiger charge is -2.11. The van der Waals surface area contributed by atoms with Gasteiger partial charge in [-0.25, -0.2) is 19.7 Å². The first kappa shape index (κ1) is 21.4. The van der Waals surface area contributed by atoms with Gasteiger partial charge >= 0.3 is 5.97 Å². The number of benzene rings is 2. The van der Waals surface area contributed by atoms with E-state index in [4.69, 9.17) is 4.74 Å². The number of aliphatic hydroxyl groups excluding tert-OH is 1. The van der Waals surface area contributed by atoms with Gasteiger partial charge in [-0.2, -0.15) is 0 Å². The third-order valence-corrected chi connectivity index (χ3v) is 4.51. The van der Waals surface area contributed by atoms with Crippen LogP contribution in [0.5, 0.6) is 5.75 Å². The zero-order valence-corrected chi connectivity index (χ0v) is 17.2. The SMILES string of the molecule is C=C/C=C(\C(=C)O)c1nc(-c2ccc(C(=O)OC)cc2)nc(-c2cccc(C)c2O)n1. The number of aromatic hydroxyl groups is 1. The number of phenolic OH excluding ortho intramolecular Hbond substituents is 1. The van der Waals surface area contributed by atoms with E-state index < -0.39 is 5.97 Å². The lowest BCUT2D eigenvalue weighted by Crippen LogP contribution is -2.05. The van der Waals surface area contributed by atoms with Crippen LogP contribution in [0.2, 0.25) is 0 Å². The number of rotatable bonds is 6. The predicted octanol–water partition coefficient (Wildman–Crippen LogP) is 4.65. The van der Waals surface area contributed by atoms with Crippen molar-refractivity contribution in [2.45, 2.75) is 6.92 Å². The van der Waals surface area contributed by atoms with Gasteiger partial charge < -0.3 is 14.9 Å². The van der Waals surface area contributed by atoms with Gasteiger partial charge in [0.2, 0.25) is 0 Å². The molecule has 2 aromatic carbocycles. The molecule has 0 radical (unpaired) electrons. The molecule has 0 aliphatic heterocycles. The highest BCUT2D eigenvalue weighted by atomic mass is 16.5. The van der Waals surface area contributed by atoms with Gasteiger partial charge in [0.1, 0.15) is 11.5 Å². The van der Waals surface area contributed by atoms with Crippen LogP contribution in [0.4, 0.5) is 0 Å². The Kier molecular flexibility index (Phi) is 6.26. The fraction of sp³-hybridized carbons (Fsp3) is 0.0833. The second kappa shape index (κ2) is 9.04. The number of aliphatic hydroxyl groups is 1. The minimum atomic E-state index is -0.457. The minimum Gasteiger partial charge on any atom is -0.508 e. The summed E-state index contributed by atoms with van der Waals surface area (Å²) in [7, 11) is 1.31. The van der Waals surface area contributed by atoms with Crippen molar-refractivity contribution in [1.29, 1.82) is 0 Å². The fourth-order valence-electron chi connectivity index (χ4n) is 2.88. The van der Waals surface area contributed by atoms with Crippen molar-refractivity contribution in [3.05, 3.63) is 90.5 Å². The molecule has 1 aromatic heterocycles. The van der Waals surface area contributed by atoms with E-state index in [-0.39, 0.29) is 34.6 Å².